The van der Waals surface area contributed by atoms with E-state index in [1.807, 2.05) is 20.8 Å². The molecule has 0 bridgehead atoms. The summed E-state index contributed by atoms with van der Waals surface area (Å²) in [6, 6.07) is 4.97. The van der Waals surface area contributed by atoms with Crippen LogP contribution in [-0.2, 0) is 4.74 Å². The van der Waals surface area contributed by atoms with Gasteiger partial charge in [-0.3, -0.25) is 9.69 Å². The van der Waals surface area contributed by atoms with Crippen LogP contribution in [0.2, 0.25) is 0 Å². The number of fused-ring (bicyclic) bond motifs is 1. The summed E-state index contributed by atoms with van der Waals surface area (Å²) in [6.07, 6.45) is 0.340. The normalized spacial score (nSPS) is 14.4. The Morgan fingerprint density at radius 3 is 2.79 bits per heavy atom. The van der Waals surface area contributed by atoms with Crippen molar-refractivity contribution in [3.05, 3.63) is 23.8 Å². The number of aldehydes is 1. The van der Waals surface area contributed by atoms with Gasteiger partial charge >= 0.3 is 6.09 Å². The maximum absolute atomic E-state index is 12.1. The molecule has 19 heavy (non-hydrogen) atoms. The monoisotopic (exact) mass is 263 g/mol. The number of hydrogen-bond donors (Lipinski definition) is 0. The Bertz CT molecular complexity index is 505. The van der Waals surface area contributed by atoms with E-state index in [-0.39, 0.29) is 0 Å². The summed E-state index contributed by atoms with van der Waals surface area (Å²) in [4.78, 5) is 24.4. The molecule has 102 valence electrons. The number of benzene rings is 1. The third-order valence-corrected chi connectivity index (χ3v) is 2.60. The Morgan fingerprint density at radius 1 is 1.42 bits per heavy atom. The summed E-state index contributed by atoms with van der Waals surface area (Å²) in [5.41, 5.74) is 0.606. The van der Waals surface area contributed by atoms with Crippen molar-refractivity contribution in [3.63, 3.8) is 0 Å². The minimum Gasteiger partial charge on any atom is -0.490 e. The van der Waals surface area contributed by atoms with E-state index in [1.165, 1.54) is 4.90 Å². The molecule has 1 aromatic carbocycles. The molecule has 2 rings (SSSR count). The van der Waals surface area contributed by atoms with E-state index in [0.29, 0.717) is 30.2 Å². The molecule has 1 aromatic rings. The number of nitrogens with zero attached hydrogens (tertiary/aromatic N) is 1. The van der Waals surface area contributed by atoms with Crippen LogP contribution in [-0.4, -0.2) is 31.1 Å². The van der Waals surface area contributed by atoms with Gasteiger partial charge in [-0.2, -0.15) is 0 Å². The third-order valence-electron chi connectivity index (χ3n) is 2.60. The molecule has 0 N–H and O–H groups in total. The number of ether oxygens (including phenoxy) is 2. The maximum Gasteiger partial charge on any atom is 0.415 e. The zero-order valence-electron chi connectivity index (χ0n) is 11.3. The highest BCUT2D eigenvalue weighted by molar-refractivity contribution is 5.91. The molecule has 0 aliphatic carbocycles. The largest absolute Gasteiger partial charge is 0.490 e. The lowest BCUT2D eigenvalue weighted by Gasteiger charge is -2.31. The van der Waals surface area contributed by atoms with Crippen LogP contribution in [0, 0.1) is 0 Å². The number of amides is 1. The first kappa shape index (κ1) is 13.4. The van der Waals surface area contributed by atoms with E-state index in [9.17, 15) is 9.59 Å². The summed E-state index contributed by atoms with van der Waals surface area (Å²) in [5, 5.41) is 0. The van der Waals surface area contributed by atoms with Gasteiger partial charge in [0.15, 0.2) is 0 Å². The summed E-state index contributed by atoms with van der Waals surface area (Å²) in [6.45, 7) is 6.28. The fraction of sp³-hybridized carbons (Fsp3) is 0.429. The smallest absolute Gasteiger partial charge is 0.415 e. The molecule has 5 nitrogen and oxygen atoms in total. The van der Waals surface area contributed by atoms with Crippen LogP contribution < -0.4 is 9.64 Å². The highest BCUT2D eigenvalue weighted by atomic mass is 16.6. The van der Waals surface area contributed by atoms with Gasteiger partial charge in [0, 0.05) is 5.56 Å². The van der Waals surface area contributed by atoms with Crippen molar-refractivity contribution < 1.29 is 19.1 Å². The molecule has 5 heteroatoms. The lowest BCUT2D eigenvalue weighted by atomic mass is 10.1. The van der Waals surface area contributed by atoms with Crippen molar-refractivity contribution in [2.75, 3.05) is 18.1 Å². The Balaban J connectivity index is 2.27. The topological polar surface area (TPSA) is 55.8 Å². The first-order valence-corrected chi connectivity index (χ1v) is 6.13. The summed E-state index contributed by atoms with van der Waals surface area (Å²) >= 11 is 0. The maximum atomic E-state index is 12.1. The molecular formula is C14H17NO4. The Morgan fingerprint density at radius 2 is 2.16 bits per heavy atom. The molecule has 0 atom stereocenters. The van der Waals surface area contributed by atoms with E-state index in [2.05, 4.69) is 0 Å². The number of rotatable bonds is 1. The van der Waals surface area contributed by atoms with Crippen LogP contribution in [0.15, 0.2) is 18.2 Å². The predicted octanol–water partition coefficient (Wildman–Crippen LogP) is 2.63. The van der Waals surface area contributed by atoms with Gasteiger partial charge in [0.2, 0.25) is 0 Å². The first-order chi connectivity index (χ1) is 8.90. The van der Waals surface area contributed by atoms with Crippen LogP contribution in [0.1, 0.15) is 31.1 Å². The Hall–Kier alpha value is -2.04. The number of hydrogen-bond acceptors (Lipinski definition) is 4. The SMILES string of the molecule is CC(C)(C)OC(=O)N1CCOc2cc(C=O)ccc21. The molecule has 0 saturated heterocycles. The average Bonchev–Trinajstić information content (AvgIpc) is 2.35. The van der Waals surface area contributed by atoms with Gasteiger partial charge in [0.25, 0.3) is 0 Å². The summed E-state index contributed by atoms with van der Waals surface area (Å²) in [7, 11) is 0. The molecule has 0 fully saturated rings. The Kier molecular flexibility index (Phi) is 3.46. The molecule has 0 saturated carbocycles. The van der Waals surface area contributed by atoms with Crippen molar-refractivity contribution >= 4 is 18.1 Å². The lowest BCUT2D eigenvalue weighted by molar-refractivity contribution is 0.0568. The Labute approximate surface area is 112 Å². The van der Waals surface area contributed by atoms with Crippen molar-refractivity contribution in [1.29, 1.82) is 0 Å². The standard InChI is InChI=1S/C14H17NO4/c1-14(2,3)19-13(17)15-6-7-18-12-8-10(9-16)4-5-11(12)15/h4-5,8-9H,6-7H2,1-3H3. The molecule has 1 heterocycles. The quantitative estimate of drug-likeness (QED) is 0.731. The van der Waals surface area contributed by atoms with Gasteiger partial charge in [-0.15, -0.1) is 0 Å². The zero-order valence-corrected chi connectivity index (χ0v) is 11.3. The van der Waals surface area contributed by atoms with Gasteiger partial charge in [-0.25, -0.2) is 4.79 Å². The molecule has 0 aromatic heterocycles. The van der Waals surface area contributed by atoms with Crippen LogP contribution in [0.5, 0.6) is 5.75 Å². The zero-order chi connectivity index (χ0) is 14.0. The highest BCUT2D eigenvalue weighted by Crippen LogP contribution is 2.33. The van der Waals surface area contributed by atoms with Crippen LogP contribution in [0.25, 0.3) is 0 Å². The van der Waals surface area contributed by atoms with E-state index in [1.54, 1.807) is 18.2 Å². The fourth-order valence-corrected chi connectivity index (χ4v) is 1.82. The minimum atomic E-state index is -0.543. The van der Waals surface area contributed by atoms with Crippen LogP contribution >= 0.6 is 0 Å². The molecule has 0 unspecified atom stereocenters. The molecule has 0 spiro atoms. The minimum absolute atomic E-state index is 0.383. The molecule has 1 aliphatic rings. The first-order valence-electron chi connectivity index (χ1n) is 6.13. The molecule has 1 aliphatic heterocycles. The van der Waals surface area contributed by atoms with Gasteiger partial charge in [0.05, 0.1) is 12.2 Å². The van der Waals surface area contributed by atoms with Crippen molar-refractivity contribution in [1.82, 2.24) is 0 Å². The summed E-state index contributed by atoms with van der Waals surface area (Å²) < 4.78 is 10.8. The molecular weight excluding hydrogens is 246 g/mol. The highest BCUT2D eigenvalue weighted by Gasteiger charge is 2.28. The van der Waals surface area contributed by atoms with E-state index in [4.69, 9.17) is 9.47 Å². The van der Waals surface area contributed by atoms with Crippen molar-refractivity contribution in [2.24, 2.45) is 0 Å². The second-order valence-electron chi connectivity index (χ2n) is 5.33. The van der Waals surface area contributed by atoms with Gasteiger partial charge in [-0.1, -0.05) is 0 Å². The average molecular weight is 263 g/mol. The van der Waals surface area contributed by atoms with E-state index >= 15 is 0 Å². The van der Waals surface area contributed by atoms with Crippen LogP contribution in [0.3, 0.4) is 0 Å². The lowest BCUT2D eigenvalue weighted by Crippen LogP contribution is -2.41. The van der Waals surface area contributed by atoms with Gasteiger partial charge < -0.3 is 9.47 Å². The van der Waals surface area contributed by atoms with Crippen molar-refractivity contribution in [3.8, 4) is 5.75 Å². The number of anilines is 1. The van der Waals surface area contributed by atoms with Gasteiger partial charge in [0.1, 0.15) is 24.2 Å². The fourth-order valence-electron chi connectivity index (χ4n) is 1.82. The second-order valence-corrected chi connectivity index (χ2v) is 5.33. The van der Waals surface area contributed by atoms with Crippen LogP contribution in [0.4, 0.5) is 10.5 Å². The predicted molar refractivity (Wildman–Crippen MR) is 70.9 cm³/mol. The number of carbonyl (C=O) groups is 2. The van der Waals surface area contributed by atoms with Gasteiger partial charge in [-0.05, 0) is 39.0 Å². The van der Waals surface area contributed by atoms with E-state index < -0.39 is 11.7 Å². The second kappa shape index (κ2) is 4.91. The molecule has 1 amide bonds. The van der Waals surface area contributed by atoms with E-state index in [0.717, 1.165) is 6.29 Å². The molecule has 0 radical (unpaired) electrons. The number of carbonyl (C=O) groups excluding carboxylic acids is 2. The third kappa shape index (κ3) is 3.05. The van der Waals surface area contributed by atoms with Crippen molar-refractivity contribution in [2.45, 2.75) is 26.4 Å². The summed E-state index contributed by atoms with van der Waals surface area (Å²) in [5.74, 6) is 0.529.